The molecule has 0 spiro atoms. The molecule has 0 aliphatic carbocycles. The third-order valence-electron chi connectivity index (χ3n) is 5.32. The lowest BCUT2D eigenvalue weighted by atomic mass is 10.1. The van der Waals surface area contributed by atoms with Crippen molar-refractivity contribution in [2.45, 2.75) is 4.90 Å². The molecule has 7 nitrogen and oxygen atoms in total. The number of hydrogen-bond acceptors (Lipinski definition) is 6. The van der Waals surface area contributed by atoms with Gasteiger partial charge in [0.2, 0.25) is 0 Å². The Kier molecular flexibility index (Phi) is 6.98. The quantitative estimate of drug-likeness (QED) is 0.235. The first-order valence-corrected chi connectivity index (χ1v) is 13.6. The van der Waals surface area contributed by atoms with E-state index in [1.807, 2.05) is 60.0 Å². The predicted molar refractivity (Wildman–Crippen MR) is 146 cm³/mol. The lowest BCUT2D eigenvalue weighted by Crippen LogP contribution is -2.18. The summed E-state index contributed by atoms with van der Waals surface area (Å²) in [5, 5.41) is 5.00. The number of benzene rings is 4. The van der Waals surface area contributed by atoms with Gasteiger partial charge in [0, 0.05) is 10.9 Å². The third-order valence-corrected chi connectivity index (χ3v) is 7.46. The molecule has 0 radical (unpaired) electrons. The lowest BCUT2D eigenvalue weighted by Gasteiger charge is -2.12. The molecule has 2 N–H and O–H groups in total. The summed E-state index contributed by atoms with van der Waals surface area (Å²) < 4.78 is 33.9. The molecule has 184 valence electrons. The van der Waals surface area contributed by atoms with Crippen molar-refractivity contribution in [2.75, 3.05) is 10.0 Å². The number of rotatable bonds is 8. The van der Waals surface area contributed by atoms with E-state index in [0.717, 1.165) is 11.3 Å². The maximum Gasteiger partial charge on any atom is 0.261 e. The Morgan fingerprint density at radius 1 is 0.757 bits per heavy atom. The number of nitrogens with zero attached hydrogens (tertiary/aromatic N) is 1. The number of carbonyl (C=O) groups is 1. The van der Waals surface area contributed by atoms with Crippen molar-refractivity contribution in [3.05, 3.63) is 120 Å². The van der Waals surface area contributed by atoms with Crippen molar-refractivity contribution in [3.63, 3.8) is 0 Å². The number of nitrogens with one attached hydrogen (secondary N) is 2. The van der Waals surface area contributed by atoms with E-state index in [-0.39, 0.29) is 16.1 Å². The standard InChI is InChI=1S/C28H21N3O4S2/c32-27(24-13-7-8-14-25(24)31-37(33,34)23-11-5-2-6-12-23)30-28-29-26(19-36-28)20-15-17-22(18-16-20)35-21-9-3-1-4-10-21/h1-19,31H,(H,29,30,32). The van der Waals surface area contributed by atoms with Gasteiger partial charge in [-0.25, -0.2) is 13.4 Å². The van der Waals surface area contributed by atoms with Gasteiger partial charge >= 0.3 is 0 Å². The molecule has 0 saturated heterocycles. The summed E-state index contributed by atoms with van der Waals surface area (Å²) in [6, 6.07) is 31.4. The zero-order chi connectivity index (χ0) is 25.7. The van der Waals surface area contributed by atoms with Gasteiger partial charge in [0.15, 0.2) is 5.13 Å². The van der Waals surface area contributed by atoms with Crippen LogP contribution in [-0.2, 0) is 10.0 Å². The molecule has 5 aromatic rings. The third kappa shape index (κ3) is 5.85. The number of aromatic nitrogens is 1. The van der Waals surface area contributed by atoms with E-state index in [0.29, 0.717) is 16.6 Å². The van der Waals surface area contributed by atoms with Crippen molar-refractivity contribution in [1.29, 1.82) is 0 Å². The highest BCUT2D eigenvalue weighted by Gasteiger charge is 2.19. The summed E-state index contributed by atoms with van der Waals surface area (Å²) in [6.07, 6.45) is 0. The minimum Gasteiger partial charge on any atom is -0.457 e. The van der Waals surface area contributed by atoms with E-state index in [9.17, 15) is 13.2 Å². The molecule has 0 aliphatic rings. The van der Waals surface area contributed by atoms with Gasteiger partial charge in [-0.05, 0) is 60.7 Å². The van der Waals surface area contributed by atoms with Crippen LogP contribution in [0.15, 0.2) is 119 Å². The van der Waals surface area contributed by atoms with Crippen LogP contribution in [0.25, 0.3) is 11.3 Å². The summed E-state index contributed by atoms with van der Waals surface area (Å²) in [5.74, 6) is 0.979. The maximum atomic E-state index is 13.0. The molecule has 0 unspecified atom stereocenters. The highest BCUT2D eigenvalue weighted by atomic mass is 32.2. The second-order valence-electron chi connectivity index (χ2n) is 7.90. The fourth-order valence-electron chi connectivity index (χ4n) is 3.52. The molecular formula is C28H21N3O4S2. The summed E-state index contributed by atoms with van der Waals surface area (Å²) in [5.41, 5.74) is 1.92. The number of anilines is 2. The van der Waals surface area contributed by atoms with Crippen LogP contribution >= 0.6 is 11.3 Å². The molecular weight excluding hydrogens is 506 g/mol. The smallest absolute Gasteiger partial charge is 0.261 e. The Morgan fingerprint density at radius 2 is 1.38 bits per heavy atom. The van der Waals surface area contributed by atoms with Crippen molar-refractivity contribution in [2.24, 2.45) is 0 Å². The number of hydrogen-bond donors (Lipinski definition) is 2. The lowest BCUT2D eigenvalue weighted by molar-refractivity contribution is 0.102. The van der Waals surface area contributed by atoms with Crippen LogP contribution in [0, 0.1) is 0 Å². The van der Waals surface area contributed by atoms with E-state index >= 15 is 0 Å². The molecule has 0 bridgehead atoms. The molecule has 37 heavy (non-hydrogen) atoms. The Morgan fingerprint density at radius 3 is 2.11 bits per heavy atom. The SMILES string of the molecule is O=C(Nc1nc(-c2ccc(Oc3ccccc3)cc2)cs1)c1ccccc1NS(=O)(=O)c1ccccc1. The summed E-state index contributed by atoms with van der Waals surface area (Å²) in [4.78, 5) is 17.7. The zero-order valence-corrected chi connectivity index (χ0v) is 21.0. The number of sulfonamides is 1. The minimum absolute atomic E-state index is 0.106. The van der Waals surface area contributed by atoms with Crippen LogP contribution in [0.5, 0.6) is 11.5 Å². The topological polar surface area (TPSA) is 97.4 Å². The average molecular weight is 528 g/mol. The van der Waals surface area contributed by atoms with Crippen LogP contribution in [0.1, 0.15) is 10.4 Å². The Balaban J connectivity index is 1.29. The predicted octanol–water partition coefficient (Wildman–Crippen LogP) is 6.66. The Bertz CT molecular complexity index is 1620. The number of carbonyl (C=O) groups excluding carboxylic acids is 1. The molecule has 1 heterocycles. The molecule has 5 rings (SSSR count). The second-order valence-corrected chi connectivity index (χ2v) is 10.4. The zero-order valence-electron chi connectivity index (χ0n) is 19.4. The first-order valence-electron chi connectivity index (χ1n) is 11.2. The van der Waals surface area contributed by atoms with Gasteiger partial charge in [-0.1, -0.05) is 48.5 Å². The van der Waals surface area contributed by atoms with Crippen molar-refractivity contribution >= 4 is 38.1 Å². The highest BCUT2D eigenvalue weighted by Crippen LogP contribution is 2.29. The number of ether oxygens (including phenoxy) is 1. The van der Waals surface area contributed by atoms with E-state index < -0.39 is 15.9 Å². The van der Waals surface area contributed by atoms with Gasteiger partial charge in [-0.3, -0.25) is 14.8 Å². The fourth-order valence-corrected chi connectivity index (χ4v) is 5.34. The van der Waals surface area contributed by atoms with Gasteiger partial charge < -0.3 is 4.74 Å². The summed E-state index contributed by atoms with van der Waals surface area (Å²) in [6.45, 7) is 0. The van der Waals surface area contributed by atoms with Crippen LogP contribution in [0.3, 0.4) is 0 Å². The molecule has 4 aromatic carbocycles. The number of thiazole rings is 1. The van der Waals surface area contributed by atoms with Crippen molar-refractivity contribution < 1.29 is 17.9 Å². The molecule has 0 fully saturated rings. The normalized spacial score (nSPS) is 11.0. The summed E-state index contributed by atoms with van der Waals surface area (Å²) in [7, 11) is -3.85. The van der Waals surface area contributed by atoms with Crippen molar-refractivity contribution in [3.8, 4) is 22.8 Å². The van der Waals surface area contributed by atoms with Gasteiger partial charge in [0.25, 0.3) is 15.9 Å². The van der Waals surface area contributed by atoms with E-state index in [2.05, 4.69) is 15.0 Å². The first-order chi connectivity index (χ1) is 18.0. The molecule has 0 saturated carbocycles. The van der Waals surface area contributed by atoms with Crippen LogP contribution in [0.2, 0.25) is 0 Å². The largest absolute Gasteiger partial charge is 0.457 e. The van der Waals surface area contributed by atoms with Crippen LogP contribution < -0.4 is 14.8 Å². The van der Waals surface area contributed by atoms with Crippen LogP contribution in [0.4, 0.5) is 10.8 Å². The Hall–Kier alpha value is -4.47. The summed E-state index contributed by atoms with van der Waals surface area (Å²) >= 11 is 1.28. The fraction of sp³-hybridized carbons (Fsp3) is 0. The van der Waals surface area contributed by atoms with E-state index in [4.69, 9.17) is 4.74 Å². The highest BCUT2D eigenvalue weighted by molar-refractivity contribution is 7.92. The monoisotopic (exact) mass is 527 g/mol. The number of amides is 1. The van der Waals surface area contributed by atoms with Gasteiger partial charge in [-0.2, -0.15) is 0 Å². The minimum atomic E-state index is -3.85. The molecule has 0 aliphatic heterocycles. The van der Waals surface area contributed by atoms with Crippen molar-refractivity contribution in [1.82, 2.24) is 4.98 Å². The maximum absolute atomic E-state index is 13.0. The Labute approximate surface area is 218 Å². The van der Waals surface area contributed by atoms with Gasteiger partial charge in [0.05, 0.1) is 21.8 Å². The molecule has 1 amide bonds. The van der Waals surface area contributed by atoms with Gasteiger partial charge in [-0.15, -0.1) is 11.3 Å². The first kappa shape index (κ1) is 24.2. The molecule has 1 aromatic heterocycles. The van der Waals surface area contributed by atoms with E-state index in [1.54, 1.807) is 42.5 Å². The molecule has 0 atom stereocenters. The number of para-hydroxylation sites is 2. The van der Waals surface area contributed by atoms with Gasteiger partial charge in [0.1, 0.15) is 11.5 Å². The molecule has 9 heteroatoms. The second kappa shape index (κ2) is 10.7. The average Bonchev–Trinajstić information content (AvgIpc) is 3.39. The van der Waals surface area contributed by atoms with Crippen LogP contribution in [-0.4, -0.2) is 19.3 Å². The van der Waals surface area contributed by atoms with E-state index in [1.165, 1.54) is 23.5 Å².